The van der Waals surface area contributed by atoms with Gasteiger partial charge in [0.2, 0.25) is 5.95 Å². The van der Waals surface area contributed by atoms with Gasteiger partial charge in [0.15, 0.2) is 11.5 Å². The fraction of sp³-hybridized carbons (Fsp3) is 0.412. The van der Waals surface area contributed by atoms with E-state index in [1.54, 1.807) is 20.4 Å². The summed E-state index contributed by atoms with van der Waals surface area (Å²) in [5.41, 5.74) is 0.860. The van der Waals surface area contributed by atoms with Crippen LogP contribution in [-0.4, -0.2) is 37.3 Å². The molecule has 1 fully saturated rings. The first kappa shape index (κ1) is 15.4. The molecule has 1 N–H and O–H groups in total. The normalized spacial score (nSPS) is 14.4. The van der Waals surface area contributed by atoms with E-state index < -0.39 is 0 Å². The smallest absolute Gasteiger partial charge is 0.229 e. The van der Waals surface area contributed by atoms with Crippen LogP contribution in [0.2, 0.25) is 0 Å². The number of nitrogens with zero attached hydrogens (tertiary/aromatic N) is 3. The van der Waals surface area contributed by atoms with Crippen LogP contribution in [0.4, 0.5) is 17.5 Å². The van der Waals surface area contributed by atoms with Crippen molar-refractivity contribution in [3.05, 3.63) is 30.5 Å². The van der Waals surface area contributed by atoms with E-state index in [0.29, 0.717) is 17.4 Å². The lowest BCUT2D eigenvalue weighted by Crippen LogP contribution is -2.30. The summed E-state index contributed by atoms with van der Waals surface area (Å²) < 4.78 is 10.6. The molecule has 1 aromatic carbocycles. The van der Waals surface area contributed by atoms with Crippen LogP contribution in [0.15, 0.2) is 30.5 Å². The van der Waals surface area contributed by atoms with Crippen molar-refractivity contribution >= 4 is 17.5 Å². The fourth-order valence-electron chi connectivity index (χ4n) is 2.75. The van der Waals surface area contributed by atoms with Crippen LogP contribution in [0.3, 0.4) is 0 Å². The van der Waals surface area contributed by atoms with Gasteiger partial charge in [0.05, 0.1) is 14.2 Å². The van der Waals surface area contributed by atoms with Crippen LogP contribution < -0.4 is 19.7 Å². The summed E-state index contributed by atoms with van der Waals surface area (Å²) >= 11 is 0. The monoisotopic (exact) mass is 314 g/mol. The van der Waals surface area contributed by atoms with E-state index >= 15 is 0 Å². The number of aromatic nitrogens is 2. The maximum absolute atomic E-state index is 5.32. The Bertz CT molecular complexity index is 657. The minimum Gasteiger partial charge on any atom is -0.493 e. The van der Waals surface area contributed by atoms with Crippen molar-refractivity contribution in [1.29, 1.82) is 0 Å². The first-order valence-electron chi connectivity index (χ1n) is 7.87. The van der Waals surface area contributed by atoms with E-state index in [2.05, 4.69) is 20.2 Å². The topological polar surface area (TPSA) is 59.5 Å². The molecule has 0 spiro atoms. The number of nitrogens with one attached hydrogen (secondary N) is 1. The lowest BCUT2D eigenvalue weighted by molar-refractivity contribution is 0.355. The van der Waals surface area contributed by atoms with Gasteiger partial charge in [0.1, 0.15) is 5.82 Å². The molecule has 6 heteroatoms. The molecule has 0 aliphatic carbocycles. The number of hydrogen-bond acceptors (Lipinski definition) is 6. The van der Waals surface area contributed by atoms with Crippen molar-refractivity contribution < 1.29 is 9.47 Å². The summed E-state index contributed by atoms with van der Waals surface area (Å²) in [6, 6.07) is 7.61. The molecule has 1 aliphatic heterocycles. The molecule has 122 valence electrons. The molecule has 3 rings (SSSR count). The molecule has 2 heterocycles. The molecule has 0 bridgehead atoms. The van der Waals surface area contributed by atoms with Gasteiger partial charge >= 0.3 is 0 Å². The summed E-state index contributed by atoms with van der Waals surface area (Å²) in [6.07, 6.45) is 5.54. The minimum absolute atomic E-state index is 0.584. The van der Waals surface area contributed by atoms with Gasteiger partial charge < -0.3 is 19.7 Å². The first-order chi connectivity index (χ1) is 11.3. The average Bonchev–Trinajstić information content (AvgIpc) is 2.62. The van der Waals surface area contributed by atoms with Crippen molar-refractivity contribution in [2.45, 2.75) is 19.3 Å². The van der Waals surface area contributed by atoms with Gasteiger partial charge in [-0.15, -0.1) is 0 Å². The van der Waals surface area contributed by atoms with Crippen LogP contribution >= 0.6 is 0 Å². The zero-order chi connectivity index (χ0) is 16.1. The van der Waals surface area contributed by atoms with Gasteiger partial charge in [-0.25, -0.2) is 4.98 Å². The van der Waals surface area contributed by atoms with Crippen molar-refractivity contribution in [3.63, 3.8) is 0 Å². The Morgan fingerprint density at radius 2 is 1.78 bits per heavy atom. The highest BCUT2D eigenvalue weighted by atomic mass is 16.5. The Hall–Kier alpha value is -2.50. The zero-order valence-corrected chi connectivity index (χ0v) is 13.6. The highest BCUT2D eigenvalue weighted by Gasteiger charge is 2.13. The second-order valence-corrected chi connectivity index (χ2v) is 5.48. The van der Waals surface area contributed by atoms with Gasteiger partial charge in [-0.3, -0.25) is 0 Å². The van der Waals surface area contributed by atoms with E-state index in [0.717, 1.165) is 24.6 Å². The first-order valence-corrected chi connectivity index (χ1v) is 7.87. The lowest BCUT2D eigenvalue weighted by Gasteiger charge is -2.27. The largest absolute Gasteiger partial charge is 0.493 e. The number of ether oxygens (including phenoxy) is 2. The number of methoxy groups -OCH3 is 2. The predicted molar refractivity (Wildman–Crippen MR) is 90.9 cm³/mol. The van der Waals surface area contributed by atoms with Crippen molar-refractivity contribution in [2.75, 3.05) is 37.5 Å². The van der Waals surface area contributed by atoms with Crippen LogP contribution in [0.5, 0.6) is 11.5 Å². The van der Waals surface area contributed by atoms with E-state index in [1.165, 1.54) is 19.3 Å². The molecule has 23 heavy (non-hydrogen) atoms. The molecular weight excluding hydrogens is 292 g/mol. The summed E-state index contributed by atoms with van der Waals surface area (Å²) in [5, 5.41) is 3.22. The molecular formula is C17H22N4O2. The maximum atomic E-state index is 5.32. The van der Waals surface area contributed by atoms with Crippen molar-refractivity contribution in [2.24, 2.45) is 0 Å². The Kier molecular flexibility index (Phi) is 4.80. The van der Waals surface area contributed by atoms with Gasteiger partial charge in [0.25, 0.3) is 0 Å². The molecule has 0 saturated carbocycles. The highest BCUT2D eigenvalue weighted by molar-refractivity contribution is 5.60. The summed E-state index contributed by atoms with van der Waals surface area (Å²) in [6.45, 7) is 2.12. The molecule has 6 nitrogen and oxygen atoms in total. The third-order valence-corrected chi connectivity index (χ3v) is 3.96. The Morgan fingerprint density at radius 3 is 2.52 bits per heavy atom. The number of benzene rings is 1. The number of anilines is 3. The van der Waals surface area contributed by atoms with E-state index in [-0.39, 0.29) is 0 Å². The van der Waals surface area contributed by atoms with Gasteiger partial charge in [-0.05, 0) is 37.5 Å². The molecule has 0 radical (unpaired) electrons. The summed E-state index contributed by atoms with van der Waals surface area (Å²) in [5.74, 6) is 2.92. The predicted octanol–water partition coefficient (Wildman–Crippen LogP) is 3.23. The average molecular weight is 314 g/mol. The van der Waals surface area contributed by atoms with Crippen LogP contribution in [0, 0.1) is 0 Å². The van der Waals surface area contributed by atoms with E-state index in [1.807, 2.05) is 24.3 Å². The molecule has 1 aliphatic rings. The molecule has 0 atom stereocenters. The van der Waals surface area contributed by atoms with Gasteiger partial charge in [-0.2, -0.15) is 4.98 Å². The van der Waals surface area contributed by atoms with E-state index in [4.69, 9.17) is 9.47 Å². The zero-order valence-electron chi connectivity index (χ0n) is 13.6. The molecule has 0 unspecified atom stereocenters. The molecule has 1 aromatic heterocycles. The highest BCUT2D eigenvalue weighted by Crippen LogP contribution is 2.30. The number of rotatable bonds is 5. The van der Waals surface area contributed by atoms with Crippen LogP contribution in [-0.2, 0) is 0 Å². The van der Waals surface area contributed by atoms with Gasteiger partial charge in [0, 0.05) is 31.0 Å². The SMILES string of the molecule is COc1ccc(Nc2nccc(N3CCCCC3)n2)cc1OC. The van der Waals surface area contributed by atoms with Crippen molar-refractivity contribution in [3.8, 4) is 11.5 Å². The fourth-order valence-corrected chi connectivity index (χ4v) is 2.75. The molecule has 0 amide bonds. The number of piperidine rings is 1. The van der Waals surface area contributed by atoms with Gasteiger partial charge in [-0.1, -0.05) is 0 Å². The molecule has 1 saturated heterocycles. The Morgan fingerprint density at radius 1 is 1.00 bits per heavy atom. The maximum Gasteiger partial charge on any atom is 0.229 e. The standard InChI is InChI=1S/C17H22N4O2/c1-22-14-7-6-13(12-15(14)23-2)19-17-18-9-8-16(20-17)21-10-4-3-5-11-21/h6-9,12H,3-5,10-11H2,1-2H3,(H,18,19,20). The van der Waals surface area contributed by atoms with Crippen LogP contribution in [0.1, 0.15) is 19.3 Å². The second kappa shape index (κ2) is 7.17. The molecule has 2 aromatic rings. The summed E-state index contributed by atoms with van der Waals surface area (Å²) in [7, 11) is 3.24. The Labute approximate surface area is 136 Å². The third-order valence-electron chi connectivity index (χ3n) is 3.96. The summed E-state index contributed by atoms with van der Waals surface area (Å²) in [4.78, 5) is 11.2. The van der Waals surface area contributed by atoms with E-state index in [9.17, 15) is 0 Å². The number of hydrogen-bond donors (Lipinski definition) is 1. The quantitative estimate of drug-likeness (QED) is 0.914. The van der Waals surface area contributed by atoms with Crippen LogP contribution in [0.25, 0.3) is 0 Å². The third kappa shape index (κ3) is 3.64. The lowest BCUT2D eigenvalue weighted by atomic mass is 10.1. The Balaban J connectivity index is 1.77. The van der Waals surface area contributed by atoms with Crippen molar-refractivity contribution in [1.82, 2.24) is 9.97 Å². The minimum atomic E-state index is 0.584. The second-order valence-electron chi connectivity index (χ2n) is 5.48.